The van der Waals surface area contributed by atoms with Crippen LogP contribution in [0.3, 0.4) is 0 Å². The van der Waals surface area contributed by atoms with Crippen molar-refractivity contribution in [2.45, 2.75) is 77.4 Å². The Morgan fingerprint density at radius 3 is 2.17 bits per heavy atom. The summed E-state index contributed by atoms with van der Waals surface area (Å²) in [7, 11) is 0. The smallest absolute Gasteiger partial charge is 0.407 e. The molecule has 0 aromatic heterocycles. The largest absolute Gasteiger partial charge is 0.444 e. The SMILES string of the molecule is CC(C)C1NC([C@H](O)[C@H](Cc2ccccc2)NC(=O)OC(C)(C)C)C(=O)N1CCc1ccccc1. The van der Waals surface area contributed by atoms with Gasteiger partial charge in [-0.1, -0.05) is 74.5 Å². The van der Waals surface area contributed by atoms with E-state index in [0.717, 1.165) is 17.5 Å². The standard InChI is InChI=1S/C28H39N3O4/c1-19(2)25-30-23(26(33)31(25)17-16-20-12-8-6-9-13-20)24(32)22(18-21-14-10-7-11-15-21)29-27(34)35-28(3,4)5/h6-15,19,22-25,30,32H,16-18H2,1-5H3,(H,29,34)/t22-,23?,24+,25?/m0/s1. The molecule has 2 aromatic rings. The lowest BCUT2D eigenvalue weighted by Crippen LogP contribution is -2.55. The van der Waals surface area contributed by atoms with E-state index in [0.29, 0.717) is 13.0 Å². The number of hydrogen-bond donors (Lipinski definition) is 3. The summed E-state index contributed by atoms with van der Waals surface area (Å²) < 4.78 is 5.44. The summed E-state index contributed by atoms with van der Waals surface area (Å²) in [5, 5.41) is 17.6. The van der Waals surface area contributed by atoms with Gasteiger partial charge in [-0.25, -0.2) is 4.79 Å². The van der Waals surface area contributed by atoms with Crippen LogP contribution in [-0.4, -0.2) is 58.5 Å². The van der Waals surface area contributed by atoms with Gasteiger partial charge in [-0.05, 0) is 50.7 Å². The van der Waals surface area contributed by atoms with Crippen LogP contribution >= 0.6 is 0 Å². The number of alkyl carbamates (subject to hydrolysis) is 1. The fourth-order valence-electron chi connectivity index (χ4n) is 4.42. The Labute approximate surface area is 208 Å². The first-order valence-electron chi connectivity index (χ1n) is 12.4. The summed E-state index contributed by atoms with van der Waals surface area (Å²) in [6.07, 6.45) is -0.875. The van der Waals surface area contributed by atoms with Crippen molar-refractivity contribution in [2.24, 2.45) is 5.92 Å². The summed E-state index contributed by atoms with van der Waals surface area (Å²) in [4.78, 5) is 27.9. The van der Waals surface area contributed by atoms with Gasteiger partial charge in [-0.15, -0.1) is 0 Å². The van der Waals surface area contributed by atoms with E-state index in [1.165, 1.54) is 0 Å². The van der Waals surface area contributed by atoms with E-state index in [4.69, 9.17) is 4.74 Å². The first kappa shape index (κ1) is 26.7. The lowest BCUT2D eigenvalue weighted by atomic mass is 9.96. The zero-order chi connectivity index (χ0) is 25.6. The molecular weight excluding hydrogens is 442 g/mol. The second kappa shape index (κ2) is 11.7. The predicted octanol–water partition coefficient (Wildman–Crippen LogP) is 3.51. The van der Waals surface area contributed by atoms with E-state index >= 15 is 0 Å². The topological polar surface area (TPSA) is 90.9 Å². The Kier molecular flexibility index (Phi) is 8.92. The Morgan fingerprint density at radius 2 is 1.63 bits per heavy atom. The van der Waals surface area contributed by atoms with Crippen molar-refractivity contribution in [3.05, 3.63) is 71.8 Å². The van der Waals surface area contributed by atoms with Crippen molar-refractivity contribution in [2.75, 3.05) is 6.54 Å². The maximum atomic E-state index is 13.5. The van der Waals surface area contributed by atoms with Crippen LogP contribution in [0.1, 0.15) is 45.7 Å². The summed E-state index contributed by atoms with van der Waals surface area (Å²) in [6.45, 7) is 10.0. The van der Waals surface area contributed by atoms with Gasteiger partial charge in [0, 0.05) is 6.54 Å². The zero-order valence-electron chi connectivity index (χ0n) is 21.4. The minimum absolute atomic E-state index is 0.151. The molecule has 190 valence electrons. The molecule has 0 radical (unpaired) electrons. The minimum atomic E-state index is -1.14. The fourth-order valence-corrected chi connectivity index (χ4v) is 4.42. The first-order chi connectivity index (χ1) is 16.5. The highest BCUT2D eigenvalue weighted by Crippen LogP contribution is 2.23. The van der Waals surface area contributed by atoms with Crippen molar-refractivity contribution >= 4 is 12.0 Å². The van der Waals surface area contributed by atoms with E-state index in [1.54, 1.807) is 20.8 Å². The van der Waals surface area contributed by atoms with Crippen LogP contribution in [0.4, 0.5) is 4.79 Å². The van der Waals surface area contributed by atoms with Gasteiger partial charge in [0.05, 0.1) is 18.3 Å². The lowest BCUT2D eigenvalue weighted by molar-refractivity contribution is -0.132. The van der Waals surface area contributed by atoms with Gasteiger partial charge in [0.15, 0.2) is 0 Å². The molecule has 0 bridgehead atoms. The molecule has 35 heavy (non-hydrogen) atoms. The van der Waals surface area contributed by atoms with Gasteiger partial charge in [0.25, 0.3) is 0 Å². The molecule has 1 fully saturated rings. The second-order valence-electron chi connectivity index (χ2n) is 10.5. The number of amides is 2. The van der Waals surface area contributed by atoms with Crippen LogP contribution in [0.5, 0.6) is 0 Å². The average molecular weight is 482 g/mol. The fraction of sp³-hybridized carbons (Fsp3) is 0.500. The number of benzene rings is 2. The van der Waals surface area contributed by atoms with Gasteiger partial charge in [-0.3, -0.25) is 10.1 Å². The molecule has 1 saturated heterocycles. The number of carbonyl (C=O) groups is 2. The third kappa shape index (κ3) is 7.54. The van der Waals surface area contributed by atoms with E-state index in [-0.39, 0.29) is 18.0 Å². The van der Waals surface area contributed by atoms with Gasteiger partial charge < -0.3 is 20.1 Å². The molecule has 7 nitrogen and oxygen atoms in total. The molecule has 2 unspecified atom stereocenters. The van der Waals surface area contributed by atoms with Crippen molar-refractivity contribution < 1.29 is 19.4 Å². The number of carbonyl (C=O) groups excluding carboxylic acids is 2. The van der Waals surface area contributed by atoms with E-state index < -0.39 is 29.9 Å². The van der Waals surface area contributed by atoms with Gasteiger partial charge in [0.1, 0.15) is 11.6 Å². The highest BCUT2D eigenvalue weighted by Gasteiger charge is 2.46. The molecule has 1 heterocycles. The number of ether oxygens (including phenoxy) is 1. The van der Waals surface area contributed by atoms with Crippen molar-refractivity contribution in [1.29, 1.82) is 0 Å². The van der Waals surface area contributed by atoms with Crippen molar-refractivity contribution in [1.82, 2.24) is 15.5 Å². The van der Waals surface area contributed by atoms with E-state index in [2.05, 4.69) is 24.5 Å². The molecule has 7 heteroatoms. The molecule has 1 aliphatic rings. The molecule has 2 amide bonds. The van der Waals surface area contributed by atoms with Crippen molar-refractivity contribution in [3.8, 4) is 0 Å². The Morgan fingerprint density at radius 1 is 1.06 bits per heavy atom. The number of aliphatic hydroxyl groups is 1. The minimum Gasteiger partial charge on any atom is -0.444 e. The summed E-state index contributed by atoms with van der Waals surface area (Å²) in [6, 6.07) is 18.1. The summed E-state index contributed by atoms with van der Waals surface area (Å²) >= 11 is 0. The average Bonchev–Trinajstić information content (AvgIpc) is 3.13. The first-order valence-corrected chi connectivity index (χ1v) is 12.4. The van der Waals surface area contributed by atoms with Crippen LogP contribution in [0.2, 0.25) is 0 Å². The Balaban J connectivity index is 1.78. The molecule has 3 N–H and O–H groups in total. The van der Waals surface area contributed by atoms with Crippen LogP contribution < -0.4 is 10.6 Å². The molecule has 0 saturated carbocycles. The molecular formula is C28H39N3O4. The Bertz CT molecular complexity index is 959. The van der Waals surface area contributed by atoms with Gasteiger partial charge in [0.2, 0.25) is 5.91 Å². The third-order valence-electron chi connectivity index (χ3n) is 6.11. The number of nitrogens with zero attached hydrogens (tertiary/aromatic N) is 1. The predicted molar refractivity (Wildman–Crippen MR) is 137 cm³/mol. The maximum absolute atomic E-state index is 13.5. The van der Waals surface area contributed by atoms with Crippen LogP contribution in [0.15, 0.2) is 60.7 Å². The highest BCUT2D eigenvalue weighted by molar-refractivity contribution is 5.85. The van der Waals surface area contributed by atoms with Crippen LogP contribution in [0, 0.1) is 5.92 Å². The van der Waals surface area contributed by atoms with Gasteiger partial charge >= 0.3 is 6.09 Å². The highest BCUT2D eigenvalue weighted by atomic mass is 16.6. The van der Waals surface area contributed by atoms with Gasteiger partial charge in [-0.2, -0.15) is 0 Å². The third-order valence-corrected chi connectivity index (χ3v) is 6.11. The normalized spacial score (nSPS) is 20.1. The number of rotatable bonds is 9. The Hall–Kier alpha value is -2.90. The number of nitrogens with one attached hydrogen (secondary N) is 2. The summed E-state index contributed by atoms with van der Waals surface area (Å²) in [5.74, 6) is -0.00510. The molecule has 0 aliphatic carbocycles. The second-order valence-corrected chi connectivity index (χ2v) is 10.5. The molecule has 3 rings (SSSR count). The molecule has 2 aromatic carbocycles. The molecule has 0 spiro atoms. The lowest BCUT2D eigenvalue weighted by Gasteiger charge is -2.29. The molecule has 1 aliphatic heterocycles. The number of aliphatic hydroxyl groups excluding tert-OH is 1. The van der Waals surface area contributed by atoms with Crippen LogP contribution in [-0.2, 0) is 22.4 Å². The number of hydrogen-bond acceptors (Lipinski definition) is 5. The van der Waals surface area contributed by atoms with E-state index in [9.17, 15) is 14.7 Å². The monoisotopic (exact) mass is 481 g/mol. The summed E-state index contributed by atoms with van der Waals surface area (Å²) in [5.41, 5.74) is 1.42. The zero-order valence-corrected chi connectivity index (χ0v) is 21.4. The van der Waals surface area contributed by atoms with Crippen LogP contribution in [0.25, 0.3) is 0 Å². The van der Waals surface area contributed by atoms with Crippen molar-refractivity contribution in [3.63, 3.8) is 0 Å². The van der Waals surface area contributed by atoms with E-state index in [1.807, 2.05) is 65.6 Å². The maximum Gasteiger partial charge on any atom is 0.407 e. The quantitative estimate of drug-likeness (QED) is 0.510. The molecule has 4 atom stereocenters.